The fraction of sp³-hybridized carbons (Fsp3) is 0.353. The summed E-state index contributed by atoms with van der Waals surface area (Å²) in [6.07, 6.45) is -3.03. The number of benzene rings is 1. The Balaban J connectivity index is 1.97. The van der Waals surface area contributed by atoms with Gasteiger partial charge in [0, 0.05) is 12.2 Å². The lowest BCUT2D eigenvalue weighted by molar-refractivity contribution is -0.137. The molecule has 0 spiro atoms. The molecule has 2 rings (SSSR count). The van der Waals surface area contributed by atoms with Gasteiger partial charge < -0.3 is 20.3 Å². The predicted octanol–water partition coefficient (Wildman–Crippen LogP) is 2.26. The van der Waals surface area contributed by atoms with E-state index in [1.807, 2.05) is 0 Å². The number of alkyl halides is 3. The van der Waals surface area contributed by atoms with E-state index in [1.54, 1.807) is 6.92 Å². The third kappa shape index (κ3) is 5.99. The molecule has 152 valence electrons. The number of rotatable bonds is 8. The number of aliphatic hydroxyl groups is 1. The highest BCUT2D eigenvalue weighted by atomic mass is 32.2. The Morgan fingerprint density at radius 1 is 1.21 bits per heavy atom. The van der Waals surface area contributed by atoms with Gasteiger partial charge in [-0.05, 0) is 31.2 Å². The van der Waals surface area contributed by atoms with E-state index in [0.717, 1.165) is 23.9 Å². The summed E-state index contributed by atoms with van der Waals surface area (Å²) in [5.41, 5.74) is -0.138. The SMILES string of the molecule is CCNC(=O)Cn1c(CO)cnc1SCC(=O)Nc1ccc(C(F)(F)F)cc1. The summed E-state index contributed by atoms with van der Waals surface area (Å²) in [6.45, 7) is 1.87. The molecule has 3 N–H and O–H groups in total. The lowest BCUT2D eigenvalue weighted by Crippen LogP contribution is -2.28. The molecule has 2 aromatic rings. The summed E-state index contributed by atoms with van der Waals surface area (Å²) < 4.78 is 39.2. The van der Waals surface area contributed by atoms with Crippen molar-refractivity contribution < 1.29 is 27.9 Å². The van der Waals surface area contributed by atoms with Gasteiger partial charge in [-0.3, -0.25) is 9.59 Å². The van der Waals surface area contributed by atoms with Crippen LogP contribution in [0.15, 0.2) is 35.6 Å². The molecule has 0 atom stereocenters. The Morgan fingerprint density at radius 2 is 1.89 bits per heavy atom. The number of carbonyl (C=O) groups is 2. The molecular weight excluding hydrogens is 397 g/mol. The summed E-state index contributed by atoms with van der Waals surface area (Å²) >= 11 is 1.05. The van der Waals surface area contributed by atoms with Crippen molar-refractivity contribution in [2.75, 3.05) is 17.6 Å². The third-order valence-corrected chi connectivity index (χ3v) is 4.56. The number of amides is 2. The zero-order valence-electron chi connectivity index (χ0n) is 14.9. The molecule has 7 nitrogen and oxygen atoms in total. The summed E-state index contributed by atoms with van der Waals surface area (Å²) in [6, 6.07) is 4.11. The molecule has 1 aromatic carbocycles. The average molecular weight is 416 g/mol. The van der Waals surface area contributed by atoms with Crippen LogP contribution in [0.4, 0.5) is 18.9 Å². The zero-order valence-corrected chi connectivity index (χ0v) is 15.7. The zero-order chi connectivity index (χ0) is 20.7. The van der Waals surface area contributed by atoms with E-state index in [0.29, 0.717) is 17.4 Å². The molecule has 0 saturated carbocycles. The van der Waals surface area contributed by atoms with Gasteiger partial charge in [-0.15, -0.1) is 0 Å². The smallest absolute Gasteiger partial charge is 0.390 e. The number of halogens is 3. The second kappa shape index (κ2) is 9.60. The summed E-state index contributed by atoms with van der Waals surface area (Å²) in [5, 5.41) is 14.9. The molecule has 1 aromatic heterocycles. The molecule has 2 amide bonds. The molecule has 1 heterocycles. The van der Waals surface area contributed by atoms with Crippen LogP contribution in [0.5, 0.6) is 0 Å². The fourth-order valence-electron chi connectivity index (χ4n) is 2.27. The van der Waals surface area contributed by atoms with E-state index in [2.05, 4.69) is 15.6 Å². The van der Waals surface area contributed by atoms with Crippen molar-refractivity contribution in [1.29, 1.82) is 0 Å². The second-order valence-corrected chi connectivity index (χ2v) is 6.58. The Bertz CT molecular complexity index is 822. The summed E-state index contributed by atoms with van der Waals surface area (Å²) in [7, 11) is 0. The predicted molar refractivity (Wildman–Crippen MR) is 97.6 cm³/mol. The average Bonchev–Trinajstić information content (AvgIpc) is 3.01. The molecule has 0 aliphatic carbocycles. The van der Waals surface area contributed by atoms with Crippen LogP contribution >= 0.6 is 11.8 Å². The van der Waals surface area contributed by atoms with Gasteiger partial charge in [0.2, 0.25) is 11.8 Å². The number of nitrogens with zero attached hydrogens (tertiary/aromatic N) is 2. The van der Waals surface area contributed by atoms with Crippen molar-refractivity contribution in [3.63, 3.8) is 0 Å². The quantitative estimate of drug-likeness (QED) is 0.574. The second-order valence-electron chi connectivity index (χ2n) is 5.64. The number of likely N-dealkylation sites (N-methyl/N-ethyl adjacent to an activating group) is 1. The van der Waals surface area contributed by atoms with Gasteiger partial charge >= 0.3 is 6.18 Å². The molecule has 0 bridgehead atoms. The maximum absolute atomic E-state index is 12.6. The van der Waals surface area contributed by atoms with Crippen molar-refractivity contribution in [1.82, 2.24) is 14.9 Å². The van der Waals surface area contributed by atoms with Crippen LogP contribution in [0.1, 0.15) is 18.2 Å². The highest BCUT2D eigenvalue weighted by Gasteiger charge is 2.30. The number of anilines is 1. The Labute approximate surface area is 163 Å². The minimum absolute atomic E-state index is 0.0490. The molecule has 11 heteroatoms. The van der Waals surface area contributed by atoms with Gasteiger partial charge in [-0.2, -0.15) is 13.2 Å². The van der Waals surface area contributed by atoms with Gasteiger partial charge in [0.1, 0.15) is 6.54 Å². The molecule has 0 aliphatic rings. The van der Waals surface area contributed by atoms with E-state index < -0.39 is 17.6 Å². The molecule has 0 fully saturated rings. The first-order chi connectivity index (χ1) is 13.2. The molecule has 28 heavy (non-hydrogen) atoms. The maximum atomic E-state index is 12.6. The molecule has 0 saturated heterocycles. The van der Waals surface area contributed by atoms with Gasteiger partial charge in [0.05, 0.1) is 29.8 Å². The standard InChI is InChI=1S/C17H19F3N4O3S/c1-2-21-14(26)8-24-13(9-25)7-22-16(24)28-10-15(27)23-12-5-3-11(4-6-12)17(18,19)20/h3-7,25H,2,8-10H2,1H3,(H,21,26)(H,23,27). The Hall–Kier alpha value is -2.53. The fourth-order valence-corrected chi connectivity index (χ4v) is 3.07. The van der Waals surface area contributed by atoms with Crippen molar-refractivity contribution in [2.24, 2.45) is 0 Å². The largest absolute Gasteiger partial charge is 0.416 e. The number of aliphatic hydroxyl groups excluding tert-OH is 1. The lowest BCUT2D eigenvalue weighted by Gasteiger charge is -2.11. The summed E-state index contributed by atoms with van der Waals surface area (Å²) in [5.74, 6) is -0.771. The van der Waals surface area contributed by atoms with Gasteiger partial charge in [-0.1, -0.05) is 11.8 Å². The number of aromatic nitrogens is 2. The molecular formula is C17H19F3N4O3S. The van der Waals surface area contributed by atoms with Crippen LogP contribution in [-0.4, -0.2) is 38.8 Å². The first kappa shape index (κ1) is 21.8. The van der Waals surface area contributed by atoms with Crippen LogP contribution in [0.2, 0.25) is 0 Å². The monoisotopic (exact) mass is 416 g/mol. The molecule has 0 unspecified atom stereocenters. The van der Waals surface area contributed by atoms with Gasteiger partial charge in [-0.25, -0.2) is 4.98 Å². The first-order valence-corrected chi connectivity index (χ1v) is 9.25. The van der Waals surface area contributed by atoms with Crippen molar-refractivity contribution in [3.05, 3.63) is 41.7 Å². The van der Waals surface area contributed by atoms with Crippen molar-refractivity contribution >= 4 is 29.3 Å². The number of thioether (sulfide) groups is 1. The molecule has 0 radical (unpaired) electrons. The van der Waals surface area contributed by atoms with E-state index >= 15 is 0 Å². The first-order valence-electron chi connectivity index (χ1n) is 8.26. The van der Waals surface area contributed by atoms with Crippen molar-refractivity contribution in [3.8, 4) is 0 Å². The van der Waals surface area contributed by atoms with E-state index in [4.69, 9.17) is 0 Å². The lowest BCUT2D eigenvalue weighted by atomic mass is 10.2. The van der Waals surface area contributed by atoms with E-state index in [9.17, 15) is 27.9 Å². The minimum Gasteiger partial charge on any atom is -0.390 e. The number of hydrogen-bond acceptors (Lipinski definition) is 5. The normalized spacial score (nSPS) is 11.3. The molecule has 0 aliphatic heterocycles. The number of hydrogen-bond donors (Lipinski definition) is 3. The van der Waals surface area contributed by atoms with Gasteiger partial charge in [0.25, 0.3) is 0 Å². The Kier molecular flexibility index (Phi) is 7.46. The van der Waals surface area contributed by atoms with Crippen LogP contribution < -0.4 is 10.6 Å². The topological polar surface area (TPSA) is 96.2 Å². The third-order valence-electron chi connectivity index (χ3n) is 3.57. The van der Waals surface area contributed by atoms with Crippen LogP contribution in [0, 0.1) is 0 Å². The number of nitrogens with one attached hydrogen (secondary N) is 2. The van der Waals surface area contributed by atoms with E-state index in [-0.39, 0.29) is 30.5 Å². The highest BCUT2D eigenvalue weighted by molar-refractivity contribution is 7.99. The number of imidazole rings is 1. The maximum Gasteiger partial charge on any atom is 0.416 e. The van der Waals surface area contributed by atoms with Crippen molar-refractivity contribution in [2.45, 2.75) is 31.4 Å². The van der Waals surface area contributed by atoms with E-state index in [1.165, 1.54) is 22.9 Å². The minimum atomic E-state index is -4.44. The highest BCUT2D eigenvalue weighted by Crippen LogP contribution is 2.29. The van der Waals surface area contributed by atoms with Gasteiger partial charge in [0.15, 0.2) is 5.16 Å². The number of carbonyl (C=O) groups excluding carboxylic acids is 2. The Morgan fingerprint density at radius 3 is 2.46 bits per heavy atom. The van der Waals surface area contributed by atoms with Crippen LogP contribution in [-0.2, 0) is 28.9 Å². The summed E-state index contributed by atoms with van der Waals surface area (Å²) in [4.78, 5) is 28.0. The van der Waals surface area contributed by atoms with Crippen LogP contribution in [0.3, 0.4) is 0 Å². The van der Waals surface area contributed by atoms with Crippen LogP contribution in [0.25, 0.3) is 0 Å².